The molecule has 11 nitrogen and oxygen atoms in total. The number of aliphatic hydroxyl groups is 1. The maximum Gasteiger partial charge on any atom is 0.326 e. The van der Waals surface area contributed by atoms with E-state index in [0.29, 0.717) is 19.4 Å². The monoisotopic (exact) mass is 358 g/mol. The van der Waals surface area contributed by atoms with Crippen LogP contribution in [0.2, 0.25) is 0 Å². The zero-order chi connectivity index (χ0) is 18.8. The summed E-state index contributed by atoms with van der Waals surface area (Å²) in [5.74, 6) is -2.48. The van der Waals surface area contributed by atoms with Crippen LogP contribution in [-0.2, 0) is 14.4 Å². The molecule has 9 N–H and O–H groups in total. The molecule has 1 rings (SSSR count). The van der Waals surface area contributed by atoms with Crippen LogP contribution in [0.5, 0.6) is 0 Å². The lowest BCUT2D eigenvalue weighted by atomic mass is 10.1. The molecule has 0 aromatic carbocycles. The van der Waals surface area contributed by atoms with Gasteiger partial charge in [0, 0.05) is 6.54 Å². The molecular formula is C14H26N6O5. The Bertz CT molecular complexity index is 502. The molecule has 0 spiro atoms. The molecule has 1 aliphatic rings. The van der Waals surface area contributed by atoms with Gasteiger partial charge >= 0.3 is 5.97 Å². The average Bonchev–Trinajstić information content (AvgIpc) is 3.09. The third kappa shape index (κ3) is 7.35. The van der Waals surface area contributed by atoms with Gasteiger partial charge in [-0.15, -0.1) is 0 Å². The summed E-state index contributed by atoms with van der Waals surface area (Å²) in [7, 11) is 0. The number of aliphatic carboxylic acids is 1. The first-order chi connectivity index (χ1) is 11.8. The van der Waals surface area contributed by atoms with Crippen LogP contribution >= 0.6 is 0 Å². The molecule has 0 bridgehead atoms. The lowest BCUT2D eigenvalue weighted by Gasteiger charge is -2.21. The third-order valence-corrected chi connectivity index (χ3v) is 3.75. The smallest absolute Gasteiger partial charge is 0.326 e. The Morgan fingerprint density at radius 1 is 1.24 bits per heavy atom. The van der Waals surface area contributed by atoms with Gasteiger partial charge in [-0.3, -0.25) is 14.6 Å². The van der Waals surface area contributed by atoms with Crippen molar-refractivity contribution in [1.29, 1.82) is 0 Å². The second kappa shape index (κ2) is 10.5. The number of nitrogens with two attached hydrogens (primary N) is 2. The maximum atomic E-state index is 12.1. The largest absolute Gasteiger partial charge is 0.480 e. The van der Waals surface area contributed by atoms with Crippen molar-refractivity contribution >= 4 is 23.7 Å². The Morgan fingerprint density at radius 2 is 1.96 bits per heavy atom. The van der Waals surface area contributed by atoms with E-state index in [-0.39, 0.29) is 18.9 Å². The summed E-state index contributed by atoms with van der Waals surface area (Å²) >= 11 is 0. The van der Waals surface area contributed by atoms with Crippen molar-refractivity contribution in [2.75, 3.05) is 19.7 Å². The zero-order valence-electron chi connectivity index (χ0n) is 13.9. The van der Waals surface area contributed by atoms with Gasteiger partial charge in [0.05, 0.1) is 12.6 Å². The van der Waals surface area contributed by atoms with Crippen molar-refractivity contribution in [3.8, 4) is 0 Å². The van der Waals surface area contributed by atoms with Gasteiger partial charge in [0.15, 0.2) is 5.96 Å². The van der Waals surface area contributed by atoms with Crippen LogP contribution in [0.25, 0.3) is 0 Å². The van der Waals surface area contributed by atoms with Gasteiger partial charge in [0.1, 0.15) is 12.1 Å². The topological polar surface area (TPSA) is 192 Å². The van der Waals surface area contributed by atoms with Crippen LogP contribution in [0, 0.1) is 0 Å². The van der Waals surface area contributed by atoms with E-state index in [0.717, 1.165) is 6.42 Å². The quantitative estimate of drug-likeness (QED) is 0.121. The molecule has 3 atom stereocenters. The summed E-state index contributed by atoms with van der Waals surface area (Å²) in [6.45, 7) is 0.311. The van der Waals surface area contributed by atoms with Gasteiger partial charge in [-0.05, 0) is 32.2 Å². The highest BCUT2D eigenvalue weighted by molar-refractivity contribution is 5.92. The maximum absolute atomic E-state index is 12.1. The van der Waals surface area contributed by atoms with E-state index in [1.54, 1.807) is 0 Å². The van der Waals surface area contributed by atoms with Crippen molar-refractivity contribution in [3.63, 3.8) is 0 Å². The fourth-order valence-electron chi connectivity index (χ4n) is 2.41. The Labute approximate surface area is 145 Å². The number of hydrogen-bond donors (Lipinski definition) is 7. The molecular weight excluding hydrogens is 332 g/mol. The van der Waals surface area contributed by atoms with Gasteiger partial charge < -0.3 is 37.6 Å². The minimum atomic E-state index is -1.22. The molecule has 0 aromatic rings. The number of aliphatic hydroxyl groups excluding tert-OH is 1. The molecule has 0 aliphatic carbocycles. The number of amides is 2. The Balaban J connectivity index is 2.52. The highest BCUT2D eigenvalue weighted by Crippen LogP contribution is 2.05. The molecule has 1 heterocycles. The lowest BCUT2D eigenvalue weighted by Crippen LogP contribution is -2.55. The van der Waals surface area contributed by atoms with E-state index in [1.807, 2.05) is 0 Å². The summed E-state index contributed by atoms with van der Waals surface area (Å²) in [5, 5.41) is 26.2. The molecule has 2 amide bonds. The van der Waals surface area contributed by atoms with Gasteiger partial charge in [0.25, 0.3) is 0 Å². The summed E-state index contributed by atoms with van der Waals surface area (Å²) in [5.41, 5.74) is 10.3. The molecule has 0 radical (unpaired) electrons. The molecule has 1 fully saturated rings. The normalized spacial score (nSPS) is 18.8. The van der Waals surface area contributed by atoms with Crippen molar-refractivity contribution < 1.29 is 24.6 Å². The third-order valence-electron chi connectivity index (χ3n) is 3.75. The molecule has 1 saturated heterocycles. The summed E-state index contributed by atoms with van der Waals surface area (Å²) < 4.78 is 0. The first kappa shape index (κ1) is 20.6. The number of carboxylic acid groups (broad SMARTS) is 1. The minimum Gasteiger partial charge on any atom is -0.480 e. The number of hydrogen-bond acceptors (Lipinski definition) is 6. The SMILES string of the molecule is NC(N)=NCCC[C@H](NC(=O)[C@H](CO)NC(=O)[C@@H]1CCCN1)C(=O)O. The van der Waals surface area contributed by atoms with Gasteiger partial charge in [-0.2, -0.15) is 0 Å². The van der Waals surface area contributed by atoms with E-state index in [4.69, 9.17) is 11.5 Å². The zero-order valence-corrected chi connectivity index (χ0v) is 13.9. The number of rotatable bonds is 10. The average molecular weight is 358 g/mol. The van der Waals surface area contributed by atoms with Crippen LogP contribution < -0.4 is 27.4 Å². The summed E-state index contributed by atoms with van der Waals surface area (Å²) in [4.78, 5) is 39.1. The fourth-order valence-corrected chi connectivity index (χ4v) is 2.41. The predicted octanol–water partition coefficient (Wildman–Crippen LogP) is -3.16. The number of nitrogens with one attached hydrogen (secondary N) is 3. The van der Waals surface area contributed by atoms with Crippen LogP contribution in [0.15, 0.2) is 4.99 Å². The molecule has 0 aromatic heterocycles. The van der Waals surface area contributed by atoms with E-state index < -0.39 is 42.5 Å². The number of aliphatic imine (C=N–C) groups is 1. The molecule has 142 valence electrons. The van der Waals surface area contributed by atoms with Crippen molar-refractivity contribution in [1.82, 2.24) is 16.0 Å². The van der Waals surface area contributed by atoms with Gasteiger partial charge in [0.2, 0.25) is 11.8 Å². The van der Waals surface area contributed by atoms with Crippen LogP contribution in [-0.4, -0.2) is 71.8 Å². The van der Waals surface area contributed by atoms with Gasteiger partial charge in [-0.1, -0.05) is 0 Å². The number of nitrogens with zero attached hydrogens (tertiary/aromatic N) is 1. The second-order valence-corrected chi connectivity index (χ2v) is 5.74. The number of carbonyl (C=O) groups is 3. The number of carboxylic acids is 1. The summed E-state index contributed by atoms with van der Waals surface area (Å²) in [6.07, 6.45) is 1.95. The highest BCUT2D eigenvalue weighted by atomic mass is 16.4. The van der Waals surface area contributed by atoms with E-state index in [1.165, 1.54) is 0 Å². The minimum absolute atomic E-state index is 0.0977. The lowest BCUT2D eigenvalue weighted by molar-refractivity contribution is -0.142. The van der Waals surface area contributed by atoms with Crippen molar-refractivity contribution in [2.45, 2.75) is 43.8 Å². The molecule has 11 heteroatoms. The van der Waals surface area contributed by atoms with Crippen LogP contribution in [0.4, 0.5) is 0 Å². The second-order valence-electron chi connectivity index (χ2n) is 5.74. The predicted molar refractivity (Wildman–Crippen MR) is 89.5 cm³/mol. The Morgan fingerprint density at radius 3 is 2.48 bits per heavy atom. The number of carbonyl (C=O) groups excluding carboxylic acids is 2. The molecule has 0 saturated carbocycles. The molecule has 25 heavy (non-hydrogen) atoms. The first-order valence-corrected chi connectivity index (χ1v) is 8.08. The molecule has 0 unspecified atom stereocenters. The Hall–Kier alpha value is -2.40. The fraction of sp³-hybridized carbons (Fsp3) is 0.714. The summed E-state index contributed by atoms with van der Waals surface area (Å²) in [6, 6.07) is -2.79. The molecule has 1 aliphatic heterocycles. The van der Waals surface area contributed by atoms with E-state index in [9.17, 15) is 24.6 Å². The Kier molecular flexibility index (Phi) is 8.64. The number of guanidine groups is 1. The van der Waals surface area contributed by atoms with Gasteiger partial charge in [-0.25, -0.2) is 4.79 Å². The van der Waals surface area contributed by atoms with Crippen molar-refractivity contribution in [3.05, 3.63) is 0 Å². The van der Waals surface area contributed by atoms with Crippen LogP contribution in [0.1, 0.15) is 25.7 Å². The highest BCUT2D eigenvalue weighted by Gasteiger charge is 2.29. The van der Waals surface area contributed by atoms with Crippen molar-refractivity contribution in [2.24, 2.45) is 16.5 Å². The standard InChI is InChI=1S/C14H26N6O5/c15-14(16)18-6-2-4-9(13(24)25)19-12(23)10(7-21)20-11(22)8-3-1-5-17-8/h8-10,17,21H,1-7H2,(H,19,23)(H,20,22)(H,24,25)(H4,15,16,18)/t8-,9-,10-/m0/s1. The van der Waals surface area contributed by atoms with E-state index >= 15 is 0 Å². The van der Waals surface area contributed by atoms with Crippen LogP contribution in [0.3, 0.4) is 0 Å². The first-order valence-electron chi connectivity index (χ1n) is 8.08. The van der Waals surface area contributed by atoms with E-state index in [2.05, 4.69) is 20.9 Å².